The molecule has 0 atom stereocenters. The lowest BCUT2D eigenvalue weighted by Gasteiger charge is -2.13. The third-order valence-electron chi connectivity index (χ3n) is 3.33. The van der Waals surface area contributed by atoms with Crippen molar-refractivity contribution in [2.45, 2.75) is 52.9 Å². The predicted molar refractivity (Wildman–Crippen MR) is 83.9 cm³/mol. The first-order valence-corrected chi connectivity index (χ1v) is 7.76. The zero-order valence-electron chi connectivity index (χ0n) is 13.5. The lowest BCUT2D eigenvalue weighted by atomic mass is 10.0. The van der Waals surface area contributed by atoms with Crippen molar-refractivity contribution in [1.82, 2.24) is 10.6 Å². The molecule has 5 nitrogen and oxygen atoms in total. The van der Waals surface area contributed by atoms with E-state index >= 15 is 0 Å². The standard InChI is InChI=1S/C15H31N3O2/c1-5-13(6-2)12-18-15(16-7-3)17-11-9-8-10-14(19)20-4/h13H,5-12H2,1-4H3,(H2,16,17,18). The fraction of sp³-hybridized carbons (Fsp3) is 0.867. The SMILES string of the molecule is CCNC(=NCC(CC)CC)NCCCCC(=O)OC. The number of hydrogen-bond donors (Lipinski definition) is 2. The highest BCUT2D eigenvalue weighted by Gasteiger charge is 2.04. The Balaban J connectivity index is 3.95. The Kier molecular flexibility index (Phi) is 12.0. The van der Waals surface area contributed by atoms with Crippen LogP contribution in [0, 0.1) is 5.92 Å². The van der Waals surface area contributed by atoms with Gasteiger partial charge in [0.15, 0.2) is 5.96 Å². The summed E-state index contributed by atoms with van der Waals surface area (Å²) in [6, 6.07) is 0. The van der Waals surface area contributed by atoms with Gasteiger partial charge in [0.1, 0.15) is 0 Å². The minimum atomic E-state index is -0.140. The Hall–Kier alpha value is -1.26. The average Bonchev–Trinajstić information content (AvgIpc) is 2.47. The first kappa shape index (κ1) is 18.7. The van der Waals surface area contributed by atoms with E-state index < -0.39 is 0 Å². The van der Waals surface area contributed by atoms with Crippen LogP contribution in [0.1, 0.15) is 52.9 Å². The van der Waals surface area contributed by atoms with Gasteiger partial charge in [-0.15, -0.1) is 0 Å². The van der Waals surface area contributed by atoms with E-state index in [9.17, 15) is 4.79 Å². The summed E-state index contributed by atoms with van der Waals surface area (Å²) in [5.74, 6) is 1.39. The number of carbonyl (C=O) groups excluding carboxylic acids is 1. The Morgan fingerprint density at radius 1 is 1.15 bits per heavy atom. The van der Waals surface area contributed by atoms with Crippen LogP contribution in [0.15, 0.2) is 4.99 Å². The van der Waals surface area contributed by atoms with E-state index in [-0.39, 0.29) is 5.97 Å². The van der Waals surface area contributed by atoms with Gasteiger partial charge < -0.3 is 15.4 Å². The summed E-state index contributed by atoms with van der Waals surface area (Å²) in [5.41, 5.74) is 0. The molecule has 0 aromatic heterocycles. The van der Waals surface area contributed by atoms with E-state index in [0.29, 0.717) is 12.3 Å². The van der Waals surface area contributed by atoms with Crippen molar-refractivity contribution in [1.29, 1.82) is 0 Å². The molecule has 5 heteroatoms. The fourth-order valence-corrected chi connectivity index (χ4v) is 1.81. The van der Waals surface area contributed by atoms with Gasteiger partial charge in [-0.1, -0.05) is 26.7 Å². The molecule has 0 saturated heterocycles. The molecule has 0 spiro atoms. The number of esters is 1. The van der Waals surface area contributed by atoms with Gasteiger partial charge in [-0.2, -0.15) is 0 Å². The molecule has 2 N–H and O–H groups in total. The molecule has 0 aliphatic rings. The molecule has 0 saturated carbocycles. The van der Waals surface area contributed by atoms with Gasteiger partial charge in [0.25, 0.3) is 0 Å². The van der Waals surface area contributed by atoms with Gasteiger partial charge >= 0.3 is 5.97 Å². The highest BCUT2D eigenvalue weighted by molar-refractivity contribution is 5.79. The molecule has 0 amide bonds. The number of carbonyl (C=O) groups is 1. The molecule has 0 rings (SSSR count). The Morgan fingerprint density at radius 3 is 2.40 bits per heavy atom. The van der Waals surface area contributed by atoms with Crippen molar-refractivity contribution < 1.29 is 9.53 Å². The van der Waals surface area contributed by atoms with Crippen molar-refractivity contribution in [2.24, 2.45) is 10.9 Å². The van der Waals surface area contributed by atoms with E-state index in [4.69, 9.17) is 0 Å². The monoisotopic (exact) mass is 285 g/mol. The smallest absolute Gasteiger partial charge is 0.305 e. The molecule has 0 heterocycles. The summed E-state index contributed by atoms with van der Waals surface area (Å²) in [6.45, 7) is 9.02. The number of nitrogens with zero attached hydrogens (tertiary/aromatic N) is 1. The van der Waals surface area contributed by atoms with Gasteiger partial charge in [0.05, 0.1) is 7.11 Å². The number of methoxy groups -OCH3 is 1. The van der Waals surface area contributed by atoms with E-state index in [2.05, 4.69) is 41.1 Å². The van der Waals surface area contributed by atoms with Gasteiger partial charge in [-0.3, -0.25) is 9.79 Å². The second-order valence-corrected chi connectivity index (χ2v) is 4.86. The Bertz CT molecular complexity index is 276. The first-order chi connectivity index (χ1) is 9.67. The highest BCUT2D eigenvalue weighted by Crippen LogP contribution is 2.07. The molecular weight excluding hydrogens is 254 g/mol. The maximum Gasteiger partial charge on any atom is 0.305 e. The van der Waals surface area contributed by atoms with Gasteiger partial charge in [0, 0.05) is 26.1 Å². The molecule has 118 valence electrons. The molecule has 0 fully saturated rings. The third-order valence-corrected chi connectivity index (χ3v) is 3.33. The molecule has 0 aromatic rings. The van der Waals surface area contributed by atoms with Crippen LogP contribution in [0.4, 0.5) is 0 Å². The van der Waals surface area contributed by atoms with E-state index in [1.54, 1.807) is 0 Å². The summed E-state index contributed by atoms with van der Waals surface area (Å²) in [7, 11) is 1.42. The third kappa shape index (κ3) is 9.64. The van der Waals surface area contributed by atoms with Crippen molar-refractivity contribution in [3.05, 3.63) is 0 Å². The van der Waals surface area contributed by atoms with Crippen LogP contribution in [0.2, 0.25) is 0 Å². The molecule has 0 aliphatic heterocycles. The van der Waals surface area contributed by atoms with Crippen molar-refractivity contribution >= 4 is 11.9 Å². The predicted octanol–water partition coefficient (Wildman–Crippen LogP) is 2.32. The number of guanidine groups is 1. The fourth-order valence-electron chi connectivity index (χ4n) is 1.81. The summed E-state index contributed by atoms with van der Waals surface area (Å²) in [6.07, 6.45) is 4.59. The second-order valence-electron chi connectivity index (χ2n) is 4.86. The van der Waals surface area contributed by atoms with Gasteiger partial charge in [0.2, 0.25) is 0 Å². The van der Waals surface area contributed by atoms with Crippen molar-refractivity contribution in [2.75, 3.05) is 26.7 Å². The van der Waals surface area contributed by atoms with Gasteiger partial charge in [-0.25, -0.2) is 0 Å². The van der Waals surface area contributed by atoms with Crippen LogP contribution in [-0.4, -0.2) is 38.7 Å². The molecular formula is C15H31N3O2. The van der Waals surface area contributed by atoms with Gasteiger partial charge in [-0.05, 0) is 25.7 Å². The molecule has 0 bridgehead atoms. The first-order valence-electron chi connectivity index (χ1n) is 7.76. The maximum atomic E-state index is 11.0. The summed E-state index contributed by atoms with van der Waals surface area (Å²) < 4.78 is 4.61. The molecule has 0 unspecified atom stereocenters. The lowest BCUT2D eigenvalue weighted by Crippen LogP contribution is -2.38. The Morgan fingerprint density at radius 2 is 1.85 bits per heavy atom. The lowest BCUT2D eigenvalue weighted by molar-refractivity contribution is -0.140. The highest BCUT2D eigenvalue weighted by atomic mass is 16.5. The Labute approximate surface area is 123 Å². The maximum absolute atomic E-state index is 11.0. The average molecular weight is 285 g/mol. The molecule has 0 radical (unpaired) electrons. The zero-order chi connectivity index (χ0) is 15.2. The number of aliphatic imine (C=N–C) groups is 1. The van der Waals surface area contributed by atoms with Crippen molar-refractivity contribution in [3.8, 4) is 0 Å². The number of unbranched alkanes of at least 4 members (excludes halogenated alkanes) is 1. The minimum absolute atomic E-state index is 0.140. The quantitative estimate of drug-likeness (QED) is 0.280. The summed E-state index contributed by atoms with van der Waals surface area (Å²) in [5, 5.41) is 6.55. The van der Waals surface area contributed by atoms with E-state index in [0.717, 1.165) is 38.4 Å². The number of ether oxygens (including phenoxy) is 1. The van der Waals surface area contributed by atoms with Crippen LogP contribution in [-0.2, 0) is 9.53 Å². The summed E-state index contributed by atoms with van der Waals surface area (Å²) in [4.78, 5) is 15.6. The van der Waals surface area contributed by atoms with E-state index in [1.165, 1.54) is 20.0 Å². The molecule has 20 heavy (non-hydrogen) atoms. The zero-order valence-corrected chi connectivity index (χ0v) is 13.5. The van der Waals surface area contributed by atoms with Crippen LogP contribution in [0.25, 0.3) is 0 Å². The van der Waals surface area contributed by atoms with Crippen LogP contribution in [0.3, 0.4) is 0 Å². The number of nitrogens with one attached hydrogen (secondary N) is 2. The summed E-state index contributed by atoms with van der Waals surface area (Å²) >= 11 is 0. The number of rotatable bonds is 10. The normalized spacial score (nSPS) is 11.6. The van der Waals surface area contributed by atoms with Crippen LogP contribution < -0.4 is 10.6 Å². The van der Waals surface area contributed by atoms with Crippen LogP contribution in [0.5, 0.6) is 0 Å². The number of hydrogen-bond acceptors (Lipinski definition) is 3. The topological polar surface area (TPSA) is 62.7 Å². The largest absolute Gasteiger partial charge is 0.469 e. The molecule has 0 aromatic carbocycles. The van der Waals surface area contributed by atoms with Crippen LogP contribution >= 0.6 is 0 Å². The minimum Gasteiger partial charge on any atom is -0.469 e. The molecule has 0 aliphatic carbocycles. The van der Waals surface area contributed by atoms with Crippen molar-refractivity contribution in [3.63, 3.8) is 0 Å². The van der Waals surface area contributed by atoms with E-state index in [1.807, 2.05) is 0 Å². The second kappa shape index (κ2) is 12.8.